The summed E-state index contributed by atoms with van der Waals surface area (Å²) in [6.07, 6.45) is 3.14. The van der Waals surface area contributed by atoms with Gasteiger partial charge in [-0.1, -0.05) is 12.1 Å². The molecule has 0 amide bonds. The second-order valence-corrected chi connectivity index (χ2v) is 4.51. The van der Waals surface area contributed by atoms with Crippen molar-refractivity contribution in [2.24, 2.45) is 0 Å². The highest BCUT2D eigenvalue weighted by molar-refractivity contribution is 5.33. The number of hydrogen-bond acceptors (Lipinski definition) is 2. The van der Waals surface area contributed by atoms with Crippen molar-refractivity contribution < 1.29 is 9.50 Å². The predicted octanol–water partition coefficient (Wildman–Crippen LogP) is 3.09. The zero-order valence-corrected chi connectivity index (χ0v) is 9.04. The van der Waals surface area contributed by atoms with Gasteiger partial charge in [-0.3, -0.25) is 0 Å². The number of halogens is 1. The summed E-state index contributed by atoms with van der Waals surface area (Å²) in [5.74, 6) is 0.216. The van der Waals surface area contributed by atoms with E-state index in [4.69, 9.17) is 0 Å². The molecule has 3 rings (SSSR count). The molecular formula is C13H14FNO. The molecule has 0 saturated heterocycles. The highest BCUT2D eigenvalue weighted by atomic mass is 19.1. The van der Waals surface area contributed by atoms with E-state index >= 15 is 0 Å². The van der Waals surface area contributed by atoms with Gasteiger partial charge in [0.15, 0.2) is 5.88 Å². The number of allylic oxidation sites excluding steroid dienone is 1. The van der Waals surface area contributed by atoms with E-state index in [9.17, 15) is 9.50 Å². The van der Waals surface area contributed by atoms with Crippen LogP contribution in [0.3, 0.4) is 0 Å². The fraction of sp³-hybridized carbons (Fsp3) is 0.385. The first-order valence-electron chi connectivity index (χ1n) is 5.68. The third-order valence-corrected chi connectivity index (χ3v) is 3.50. The van der Waals surface area contributed by atoms with Crippen LogP contribution in [0.4, 0.5) is 4.39 Å². The summed E-state index contributed by atoms with van der Waals surface area (Å²) >= 11 is 0. The van der Waals surface area contributed by atoms with Crippen LogP contribution < -0.4 is 0 Å². The zero-order chi connectivity index (χ0) is 11.1. The minimum absolute atomic E-state index is 0.161. The molecule has 0 spiro atoms. The van der Waals surface area contributed by atoms with Gasteiger partial charge >= 0.3 is 0 Å². The highest BCUT2D eigenvalue weighted by Crippen LogP contribution is 2.33. The molecule has 1 aliphatic heterocycles. The van der Waals surface area contributed by atoms with Gasteiger partial charge in [0.05, 0.1) is 0 Å². The van der Waals surface area contributed by atoms with Crippen LogP contribution in [0.25, 0.3) is 0 Å². The second-order valence-electron chi connectivity index (χ2n) is 4.51. The average Bonchev–Trinajstić information content (AvgIpc) is 2.60. The minimum atomic E-state index is -0.161. The Bertz CT molecular complexity index is 461. The minimum Gasteiger partial charge on any atom is -0.495 e. The van der Waals surface area contributed by atoms with Crippen molar-refractivity contribution in [1.82, 2.24) is 4.90 Å². The van der Waals surface area contributed by atoms with E-state index in [-0.39, 0.29) is 5.82 Å². The number of rotatable bonds is 1. The maximum absolute atomic E-state index is 13.5. The quantitative estimate of drug-likeness (QED) is 0.734. The second kappa shape index (κ2) is 3.51. The number of nitrogens with zero attached hydrogens (tertiary/aromatic N) is 1. The van der Waals surface area contributed by atoms with Crippen molar-refractivity contribution in [2.45, 2.75) is 32.4 Å². The number of aliphatic hydroxyl groups excluding tert-OH is 1. The molecule has 1 saturated carbocycles. The fourth-order valence-corrected chi connectivity index (χ4v) is 2.33. The lowest BCUT2D eigenvalue weighted by Crippen LogP contribution is -2.19. The molecule has 16 heavy (non-hydrogen) atoms. The third kappa shape index (κ3) is 1.39. The van der Waals surface area contributed by atoms with Crippen LogP contribution in [0.2, 0.25) is 0 Å². The lowest BCUT2D eigenvalue weighted by Gasteiger charge is -2.24. The zero-order valence-electron chi connectivity index (χ0n) is 9.04. The molecule has 1 aromatic carbocycles. The standard InChI is InChI=1S/C13H14FNO/c14-12-6-2-5-10-7-15(8-11(10)12)13(16)9-3-1-4-9/h2,5-6,16H,1,3-4,7-8H2. The first-order chi connectivity index (χ1) is 7.75. The molecule has 3 heteroatoms. The summed E-state index contributed by atoms with van der Waals surface area (Å²) in [5, 5.41) is 10.0. The molecule has 0 radical (unpaired) electrons. The maximum atomic E-state index is 13.5. The summed E-state index contributed by atoms with van der Waals surface area (Å²) in [4.78, 5) is 1.86. The monoisotopic (exact) mass is 219 g/mol. The van der Waals surface area contributed by atoms with Crippen LogP contribution in [-0.4, -0.2) is 10.0 Å². The molecule has 1 aromatic rings. The van der Waals surface area contributed by atoms with Crippen molar-refractivity contribution in [3.8, 4) is 0 Å². The first kappa shape index (κ1) is 9.70. The molecule has 2 aliphatic rings. The Morgan fingerprint density at radius 2 is 2.06 bits per heavy atom. The Kier molecular flexibility index (Phi) is 2.13. The molecule has 0 bridgehead atoms. The summed E-state index contributed by atoms with van der Waals surface area (Å²) in [6, 6.07) is 5.14. The smallest absolute Gasteiger partial charge is 0.186 e. The van der Waals surface area contributed by atoms with Gasteiger partial charge in [0.2, 0.25) is 0 Å². The van der Waals surface area contributed by atoms with Crippen molar-refractivity contribution in [2.75, 3.05) is 0 Å². The first-order valence-corrected chi connectivity index (χ1v) is 5.68. The number of fused-ring (bicyclic) bond motifs is 1. The normalized spacial score (nSPS) is 18.3. The van der Waals surface area contributed by atoms with E-state index in [0.29, 0.717) is 19.0 Å². The van der Waals surface area contributed by atoms with Gasteiger partial charge in [-0.2, -0.15) is 0 Å². The Hall–Kier alpha value is -1.51. The highest BCUT2D eigenvalue weighted by Gasteiger charge is 2.26. The summed E-state index contributed by atoms with van der Waals surface area (Å²) in [5.41, 5.74) is 2.84. The van der Waals surface area contributed by atoms with Gasteiger partial charge in [-0.05, 0) is 36.5 Å². The lowest BCUT2D eigenvalue weighted by molar-refractivity contribution is 0.189. The van der Waals surface area contributed by atoms with Crippen molar-refractivity contribution in [3.63, 3.8) is 0 Å². The lowest BCUT2D eigenvalue weighted by atomic mass is 9.92. The molecule has 1 aliphatic carbocycles. The van der Waals surface area contributed by atoms with Gasteiger partial charge in [-0.15, -0.1) is 0 Å². The molecule has 1 heterocycles. The largest absolute Gasteiger partial charge is 0.495 e. The summed E-state index contributed by atoms with van der Waals surface area (Å²) in [7, 11) is 0. The molecule has 0 aromatic heterocycles. The Balaban J connectivity index is 1.88. The fourth-order valence-electron chi connectivity index (χ4n) is 2.33. The summed E-state index contributed by atoms with van der Waals surface area (Å²) in [6.45, 7) is 1.12. The van der Waals surface area contributed by atoms with Gasteiger partial charge in [0.1, 0.15) is 5.82 Å². The maximum Gasteiger partial charge on any atom is 0.186 e. The van der Waals surface area contributed by atoms with Crippen LogP contribution in [0.15, 0.2) is 29.7 Å². The summed E-state index contributed by atoms with van der Waals surface area (Å²) < 4.78 is 13.5. The SMILES string of the molecule is OC(=C1CCC1)N1Cc2cccc(F)c2C1. The Morgan fingerprint density at radius 3 is 2.69 bits per heavy atom. The van der Waals surface area contributed by atoms with Crippen LogP contribution in [0.1, 0.15) is 30.4 Å². The van der Waals surface area contributed by atoms with E-state index in [2.05, 4.69) is 0 Å². The van der Waals surface area contributed by atoms with Crippen LogP contribution in [0.5, 0.6) is 0 Å². The van der Waals surface area contributed by atoms with E-state index in [1.165, 1.54) is 6.07 Å². The molecule has 2 nitrogen and oxygen atoms in total. The van der Waals surface area contributed by atoms with Crippen LogP contribution >= 0.6 is 0 Å². The van der Waals surface area contributed by atoms with Crippen molar-refractivity contribution in [3.05, 3.63) is 46.6 Å². The van der Waals surface area contributed by atoms with E-state index in [0.717, 1.165) is 36.0 Å². The van der Waals surface area contributed by atoms with E-state index in [1.807, 2.05) is 11.0 Å². The van der Waals surface area contributed by atoms with Crippen LogP contribution in [-0.2, 0) is 13.1 Å². The third-order valence-electron chi connectivity index (χ3n) is 3.50. The predicted molar refractivity (Wildman–Crippen MR) is 59.2 cm³/mol. The van der Waals surface area contributed by atoms with E-state index in [1.54, 1.807) is 6.07 Å². The van der Waals surface area contributed by atoms with Gasteiger partial charge in [-0.25, -0.2) is 4.39 Å². The van der Waals surface area contributed by atoms with Crippen molar-refractivity contribution >= 4 is 0 Å². The average molecular weight is 219 g/mol. The van der Waals surface area contributed by atoms with Gasteiger partial charge < -0.3 is 10.0 Å². The molecule has 84 valence electrons. The topological polar surface area (TPSA) is 23.5 Å². The molecular weight excluding hydrogens is 205 g/mol. The van der Waals surface area contributed by atoms with Gasteiger partial charge in [0.25, 0.3) is 0 Å². The molecule has 1 N–H and O–H groups in total. The molecule has 0 unspecified atom stereocenters. The van der Waals surface area contributed by atoms with Crippen LogP contribution in [0, 0.1) is 5.82 Å². The molecule has 1 fully saturated rings. The van der Waals surface area contributed by atoms with E-state index < -0.39 is 0 Å². The number of hydrogen-bond donors (Lipinski definition) is 1. The Labute approximate surface area is 94.0 Å². The molecule has 0 atom stereocenters. The number of benzene rings is 1. The van der Waals surface area contributed by atoms with Crippen molar-refractivity contribution in [1.29, 1.82) is 0 Å². The van der Waals surface area contributed by atoms with Gasteiger partial charge in [0, 0.05) is 18.7 Å². The Morgan fingerprint density at radius 1 is 1.25 bits per heavy atom. The number of aliphatic hydroxyl groups is 1.